The molecule has 144 valence electrons. The summed E-state index contributed by atoms with van der Waals surface area (Å²) in [7, 11) is 0. The minimum atomic E-state index is -0.466. The Labute approximate surface area is 165 Å². The molecular weight excluding hydrogens is 350 g/mol. The Bertz CT molecular complexity index is 1050. The van der Waals surface area contributed by atoms with Crippen molar-refractivity contribution in [3.8, 4) is 0 Å². The number of carbonyl (C=O) groups is 2. The monoisotopic (exact) mass is 375 g/mol. The van der Waals surface area contributed by atoms with E-state index in [1.54, 1.807) is 24.3 Å². The summed E-state index contributed by atoms with van der Waals surface area (Å²) in [5, 5.41) is 6.71. The third-order valence-electron chi connectivity index (χ3n) is 4.49. The van der Waals surface area contributed by atoms with E-state index in [4.69, 9.17) is 0 Å². The van der Waals surface area contributed by atoms with Crippen LogP contribution in [0.3, 0.4) is 0 Å². The molecule has 0 radical (unpaired) electrons. The molecule has 0 spiro atoms. The van der Waals surface area contributed by atoms with E-state index in [-0.39, 0.29) is 11.8 Å². The van der Waals surface area contributed by atoms with Crippen LogP contribution in [-0.4, -0.2) is 16.8 Å². The van der Waals surface area contributed by atoms with Crippen LogP contribution in [0.15, 0.2) is 48.5 Å². The molecular formula is C23H25N3O2. The summed E-state index contributed by atoms with van der Waals surface area (Å²) < 4.78 is 0. The highest BCUT2D eigenvalue weighted by atomic mass is 16.2. The standard InChI is InChI=1S/C23H25N3O2/c1-14-6-11-20-16(12-14)13-19(15(2)24-20)21(27)25-17-7-9-18(10-8-17)26-22(28)23(3,4)5/h6-13H,1-5H3,(H,25,27)(H,26,28). The number of nitrogens with one attached hydrogen (secondary N) is 2. The van der Waals surface area contributed by atoms with Crippen molar-refractivity contribution in [1.29, 1.82) is 0 Å². The molecule has 0 atom stereocenters. The van der Waals surface area contributed by atoms with E-state index in [2.05, 4.69) is 15.6 Å². The van der Waals surface area contributed by atoms with Crippen LogP contribution in [-0.2, 0) is 4.79 Å². The molecule has 5 nitrogen and oxygen atoms in total. The van der Waals surface area contributed by atoms with Crippen LogP contribution < -0.4 is 10.6 Å². The van der Waals surface area contributed by atoms with Crippen LogP contribution >= 0.6 is 0 Å². The first-order chi connectivity index (χ1) is 13.1. The lowest BCUT2D eigenvalue weighted by molar-refractivity contribution is -0.123. The average Bonchev–Trinajstić information content (AvgIpc) is 2.62. The van der Waals surface area contributed by atoms with Gasteiger partial charge in [0.05, 0.1) is 16.8 Å². The second-order valence-corrected chi connectivity index (χ2v) is 8.05. The number of hydrogen-bond donors (Lipinski definition) is 2. The first-order valence-electron chi connectivity index (χ1n) is 9.24. The van der Waals surface area contributed by atoms with Crippen LogP contribution in [0.25, 0.3) is 10.9 Å². The van der Waals surface area contributed by atoms with Gasteiger partial charge in [-0.1, -0.05) is 32.4 Å². The van der Waals surface area contributed by atoms with Crippen molar-refractivity contribution in [3.05, 3.63) is 65.4 Å². The van der Waals surface area contributed by atoms with Crippen LogP contribution in [0.4, 0.5) is 11.4 Å². The Kier molecular flexibility index (Phi) is 5.18. The Hall–Kier alpha value is -3.21. The topological polar surface area (TPSA) is 71.1 Å². The average molecular weight is 375 g/mol. The summed E-state index contributed by atoms with van der Waals surface area (Å²) in [6, 6.07) is 14.9. The Morgan fingerprint density at radius 1 is 0.857 bits per heavy atom. The molecule has 5 heteroatoms. The van der Waals surface area contributed by atoms with E-state index in [0.29, 0.717) is 22.6 Å². The summed E-state index contributed by atoms with van der Waals surface area (Å²) in [6.45, 7) is 9.42. The lowest BCUT2D eigenvalue weighted by Gasteiger charge is -2.17. The molecule has 28 heavy (non-hydrogen) atoms. The van der Waals surface area contributed by atoms with Gasteiger partial charge in [-0.05, 0) is 56.3 Å². The molecule has 0 bridgehead atoms. The van der Waals surface area contributed by atoms with Crippen molar-refractivity contribution >= 4 is 34.1 Å². The second-order valence-electron chi connectivity index (χ2n) is 8.05. The van der Waals surface area contributed by atoms with Crippen LogP contribution in [0, 0.1) is 19.3 Å². The van der Waals surface area contributed by atoms with Crippen molar-refractivity contribution in [2.75, 3.05) is 10.6 Å². The maximum absolute atomic E-state index is 12.7. The quantitative estimate of drug-likeness (QED) is 0.670. The molecule has 1 heterocycles. The van der Waals surface area contributed by atoms with Gasteiger partial charge in [0, 0.05) is 22.2 Å². The summed E-state index contributed by atoms with van der Waals surface area (Å²) in [5.74, 6) is -0.266. The van der Waals surface area contributed by atoms with E-state index >= 15 is 0 Å². The van der Waals surface area contributed by atoms with E-state index < -0.39 is 5.41 Å². The van der Waals surface area contributed by atoms with Gasteiger partial charge in [-0.15, -0.1) is 0 Å². The zero-order valence-corrected chi connectivity index (χ0v) is 16.9. The van der Waals surface area contributed by atoms with Crippen molar-refractivity contribution in [3.63, 3.8) is 0 Å². The van der Waals surface area contributed by atoms with Crippen LogP contribution in [0.1, 0.15) is 42.4 Å². The number of anilines is 2. The van der Waals surface area contributed by atoms with Crippen LogP contribution in [0.2, 0.25) is 0 Å². The Morgan fingerprint density at radius 3 is 2.07 bits per heavy atom. The summed E-state index contributed by atoms with van der Waals surface area (Å²) >= 11 is 0. The fourth-order valence-electron chi connectivity index (χ4n) is 2.78. The van der Waals surface area contributed by atoms with Gasteiger partial charge >= 0.3 is 0 Å². The number of benzene rings is 2. The van der Waals surface area contributed by atoms with E-state index in [0.717, 1.165) is 16.5 Å². The second kappa shape index (κ2) is 7.43. The number of hydrogen-bond acceptors (Lipinski definition) is 3. The predicted octanol–water partition coefficient (Wildman–Crippen LogP) is 5.09. The fourth-order valence-corrected chi connectivity index (χ4v) is 2.78. The molecule has 1 aromatic heterocycles. The number of fused-ring (bicyclic) bond motifs is 1. The first kappa shape index (κ1) is 19.5. The number of nitrogens with zero attached hydrogens (tertiary/aromatic N) is 1. The largest absolute Gasteiger partial charge is 0.326 e. The molecule has 0 saturated heterocycles. The molecule has 0 aliphatic rings. The third kappa shape index (κ3) is 4.36. The van der Waals surface area contributed by atoms with Crippen molar-refractivity contribution < 1.29 is 9.59 Å². The van der Waals surface area contributed by atoms with Crippen LogP contribution in [0.5, 0.6) is 0 Å². The van der Waals surface area contributed by atoms with E-state index in [1.807, 2.05) is 58.9 Å². The Morgan fingerprint density at radius 2 is 1.46 bits per heavy atom. The lowest BCUT2D eigenvalue weighted by Crippen LogP contribution is -2.27. The fraction of sp³-hybridized carbons (Fsp3) is 0.261. The Balaban J connectivity index is 1.77. The highest BCUT2D eigenvalue weighted by molar-refractivity contribution is 6.07. The number of aryl methyl sites for hydroxylation is 2. The van der Waals surface area contributed by atoms with Crippen molar-refractivity contribution in [2.45, 2.75) is 34.6 Å². The molecule has 2 aromatic carbocycles. The minimum Gasteiger partial charge on any atom is -0.326 e. The zero-order chi connectivity index (χ0) is 20.5. The molecule has 3 aromatic rings. The normalized spacial score (nSPS) is 11.3. The van der Waals surface area contributed by atoms with Gasteiger partial charge < -0.3 is 10.6 Å². The molecule has 2 amide bonds. The molecule has 2 N–H and O–H groups in total. The highest BCUT2D eigenvalue weighted by Gasteiger charge is 2.21. The molecule has 3 rings (SSSR count). The number of carbonyl (C=O) groups excluding carboxylic acids is 2. The van der Waals surface area contributed by atoms with Crippen molar-refractivity contribution in [2.24, 2.45) is 5.41 Å². The molecule has 0 aliphatic carbocycles. The van der Waals surface area contributed by atoms with Crippen molar-refractivity contribution in [1.82, 2.24) is 4.98 Å². The SMILES string of the molecule is Cc1ccc2nc(C)c(C(=O)Nc3ccc(NC(=O)C(C)(C)C)cc3)cc2c1. The highest BCUT2D eigenvalue weighted by Crippen LogP contribution is 2.21. The van der Waals surface area contributed by atoms with Gasteiger partial charge in [0.2, 0.25) is 5.91 Å². The summed E-state index contributed by atoms with van der Waals surface area (Å²) in [5.41, 5.74) is 4.10. The minimum absolute atomic E-state index is 0.0579. The van der Waals surface area contributed by atoms with E-state index in [1.165, 1.54) is 0 Å². The summed E-state index contributed by atoms with van der Waals surface area (Å²) in [4.78, 5) is 29.3. The molecule has 0 unspecified atom stereocenters. The number of pyridine rings is 1. The van der Waals surface area contributed by atoms with Gasteiger partial charge in [0.15, 0.2) is 0 Å². The molecule has 0 fully saturated rings. The van der Waals surface area contributed by atoms with Gasteiger partial charge in [0.25, 0.3) is 5.91 Å². The molecule has 0 saturated carbocycles. The number of aromatic nitrogens is 1. The summed E-state index contributed by atoms with van der Waals surface area (Å²) in [6.07, 6.45) is 0. The molecule has 0 aliphatic heterocycles. The first-order valence-corrected chi connectivity index (χ1v) is 9.24. The number of amides is 2. The van der Waals surface area contributed by atoms with Gasteiger partial charge in [0.1, 0.15) is 0 Å². The van der Waals surface area contributed by atoms with Gasteiger partial charge in [-0.2, -0.15) is 0 Å². The smallest absolute Gasteiger partial charge is 0.257 e. The predicted molar refractivity (Wildman–Crippen MR) is 114 cm³/mol. The van der Waals surface area contributed by atoms with Gasteiger partial charge in [-0.25, -0.2) is 0 Å². The number of rotatable bonds is 3. The van der Waals surface area contributed by atoms with Gasteiger partial charge in [-0.3, -0.25) is 14.6 Å². The third-order valence-corrected chi connectivity index (χ3v) is 4.49. The zero-order valence-electron chi connectivity index (χ0n) is 16.9. The maximum atomic E-state index is 12.7. The van der Waals surface area contributed by atoms with E-state index in [9.17, 15) is 9.59 Å². The maximum Gasteiger partial charge on any atom is 0.257 e. The lowest BCUT2D eigenvalue weighted by atomic mass is 9.95.